The SMILES string of the molecule is COC(=O)Cc1ccc(OCC(C)C(N)C(O)c2ccccc2Cl)cc1. The molecule has 3 N–H and O–H groups in total. The van der Waals surface area contributed by atoms with Crippen molar-refractivity contribution in [1.29, 1.82) is 0 Å². The first-order chi connectivity index (χ1) is 12.4. The van der Waals surface area contributed by atoms with E-state index in [9.17, 15) is 9.90 Å². The van der Waals surface area contributed by atoms with Crippen molar-refractivity contribution in [3.05, 3.63) is 64.7 Å². The summed E-state index contributed by atoms with van der Waals surface area (Å²) in [4.78, 5) is 11.3. The molecule has 0 saturated carbocycles. The van der Waals surface area contributed by atoms with E-state index in [1.54, 1.807) is 30.3 Å². The predicted molar refractivity (Wildman–Crippen MR) is 101 cm³/mol. The van der Waals surface area contributed by atoms with E-state index in [1.165, 1.54) is 7.11 Å². The van der Waals surface area contributed by atoms with Gasteiger partial charge in [-0.05, 0) is 23.8 Å². The molecule has 0 aliphatic heterocycles. The number of ether oxygens (including phenoxy) is 2. The quantitative estimate of drug-likeness (QED) is 0.691. The van der Waals surface area contributed by atoms with Crippen molar-refractivity contribution in [3.8, 4) is 5.75 Å². The minimum Gasteiger partial charge on any atom is -0.493 e. The predicted octanol–water partition coefficient (Wildman–Crippen LogP) is 3.13. The van der Waals surface area contributed by atoms with Crippen LogP contribution in [-0.2, 0) is 16.0 Å². The fourth-order valence-electron chi connectivity index (χ4n) is 2.51. The van der Waals surface area contributed by atoms with Crippen molar-refractivity contribution < 1.29 is 19.4 Å². The van der Waals surface area contributed by atoms with Crippen LogP contribution in [0, 0.1) is 5.92 Å². The third-order valence-corrected chi connectivity index (χ3v) is 4.60. The monoisotopic (exact) mass is 377 g/mol. The third kappa shape index (κ3) is 5.46. The Hall–Kier alpha value is -2.08. The molecule has 0 aromatic heterocycles. The van der Waals surface area contributed by atoms with E-state index in [1.807, 2.05) is 25.1 Å². The number of methoxy groups -OCH3 is 1. The Kier molecular flexibility index (Phi) is 7.45. The molecule has 0 amide bonds. The molecule has 0 bridgehead atoms. The highest BCUT2D eigenvalue weighted by atomic mass is 35.5. The lowest BCUT2D eigenvalue weighted by Gasteiger charge is -2.26. The highest BCUT2D eigenvalue weighted by Crippen LogP contribution is 2.27. The van der Waals surface area contributed by atoms with Crippen molar-refractivity contribution in [3.63, 3.8) is 0 Å². The summed E-state index contributed by atoms with van der Waals surface area (Å²) in [5.41, 5.74) is 7.64. The van der Waals surface area contributed by atoms with E-state index in [0.29, 0.717) is 22.9 Å². The molecule has 26 heavy (non-hydrogen) atoms. The second-order valence-electron chi connectivity index (χ2n) is 6.23. The van der Waals surface area contributed by atoms with Gasteiger partial charge in [-0.3, -0.25) is 4.79 Å². The second kappa shape index (κ2) is 9.57. The van der Waals surface area contributed by atoms with Gasteiger partial charge in [0.15, 0.2) is 0 Å². The van der Waals surface area contributed by atoms with E-state index >= 15 is 0 Å². The van der Waals surface area contributed by atoms with Crippen LogP contribution in [0.1, 0.15) is 24.2 Å². The van der Waals surface area contributed by atoms with Crippen LogP contribution in [0.25, 0.3) is 0 Å². The van der Waals surface area contributed by atoms with Crippen molar-refractivity contribution in [2.24, 2.45) is 11.7 Å². The number of aliphatic hydroxyl groups is 1. The van der Waals surface area contributed by atoms with Gasteiger partial charge in [0.2, 0.25) is 0 Å². The van der Waals surface area contributed by atoms with Gasteiger partial charge in [0.25, 0.3) is 0 Å². The first-order valence-electron chi connectivity index (χ1n) is 8.39. The molecule has 0 saturated heterocycles. The molecule has 0 spiro atoms. The molecule has 2 rings (SSSR count). The maximum atomic E-state index is 11.3. The van der Waals surface area contributed by atoms with Crippen LogP contribution < -0.4 is 10.5 Å². The summed E-state index contributed by atoms with van der Waals surface area (Å²) in [5.74, 6) is 0.285. The summed E-state index contributed by atoms with van der Waals surface area (Å²) in [5, 5.41) is 11.0. The highest BCUT2D eigenvalue weighted by molar-refractivity contribution is 6.31. The van der Waals surface area contributed by atoms with Crippen LogP contribution in [-0.4, -0.2) is 30.8 Å². The minimum atomic E-state index is -0.871. The Labute approximate surface area is 158 Å². The molecule has 2 aromatic carbocycles. The number of carbonyl (C=O) groups is 1. The van der Waals surface area contributed by atoms with Crippen LogP contribution in [0.15, 0.2) is 48.5 Å². The summed E-state index contributed by atoms with van der Waals surface area (Å²) >= 11 is 6.12. The van der Waals surface area contributed by atoms with Crippen LogP contribution >= 0.6 is 11.6 Å². The zero-order chi connectivity index (χ0) is 19.1. The molecule has 0 fully saturated rings. The van der Waals surface area contributed by atoms with E-state index < -0.39 is 12.1 Å². The van der Waals surface area contributed by atoms with Crippen molar-refractivity contribution >= 4 is 17.6 Å². The fourth-order valence-corrected chi connectivity index (χ4v) is 2.76. The van der Waals surface area contributed by atoms with Crippen molar-refractivity contribution in [2.45, 2.75) is 25.5 Å². The standard InChI is InChI=1S/C20H24ClNO4/c1-13(19(22)20(24)16-5-3-4-6-17(16)21)12-26-15-9-7-14(8-10-15)11-18(23)25-2/h3-10,13,19-20,24H,11-12,22H2,1-2H3. The van der Waals surface area contributed by atoms with Crippen LogP contribution in [0.5, 0.6) is 5.75 Å². The first-order valence-corrected chi connectivity index (χ1v) is 8.76. The lowest BCUT2D eigenvalue weighted by Crippen LogP contribution is -2.37. The van der Waals surface area contributed by atoms with Gasteiger partial charge in [-0.25, -0.2) is 0 Å². The highest BCUT2D eigenvalue weighted by Gasteiger charge is 2.25. The molecule has 140 valence electrons. The van der Waals surface area contributed by atoms with Gasteiger partial charge in [0, 0.05) is 22.5 Å². The Morgan fingerprint density at radius 1 is 1.19 bits per heavy atom. The summed E-state index contributed by atoms with van der Waals surface area (Å²) in [6, 6.07) is 13.8. The van der Waals surface area contributed by atoms with E-state index in [4.69, 9.17) is 22.1 Å². The minimum absolute atomic E-state index is 0.101. The summed E-state index contributed by atoms with van der Waals surface area (Å²) in [6.45, 7) is 2.26. The Bertz CT molecular complexity index is 720. The zero-order valence-electron chi connectivity index (χ0n) is 14.9. The van der Waals surface area contributed by atoms with Gasteiger partial charge in [-0.1, -0.05) is 48.9 Å². The molecule has 5 nitrogen and oxygen atoms in total. The summed E-state index contributed by atoms with van der Waals surface area (Å²) in [7, 11) is 1.36. The number of aliphatic hydroxyl groups excluding tert-OH is 1. The van der Waals surface area contributed by atoms with Gasteiger partial charge >= 0.3 is 5.97 Å². The summed E-state index contributed by atoms with van der Waals surface area (Å²) in [6.07, 6.45) is -0.646. The van der Waals surface area contributed by atoms with E-state index in [-0.39, 0.29) is 18.3 Å². The second-order valence-corrected chi connectivity index (χ2v) is 6.64. The molecule has 0 heterocycles. The van der Waals surface area contributed by atoms with Crippen LogP contribution in [0.2, 0.25) is 5.02 Å². The average Bonchev–Trinajstić information content (AvgIpc) is 2.66. The topological polar surface area (TPSA) is 81.8 Å². The third-order valence-electron chi connectivity index (χ3n) is 4.26. The maximum absolute atomic E-state index is 11.3. The number of benzene rings is 2. The first kappa shape index (κ1) is 20.2. The van der Waals surface area contributed by atoms with E-state index in [2.05, 4.69) is 4.74 Å². The maximum Gasteiger partial charge on any atom is 0.309 e. The Morgan fingerprint density at radius 2 is 1.85 bits per heavy atom. The van der Waals surface area contributed by atoms with Gasteiger partial charge in [0.05, 0.1) is 26.2 Å². The molecule has 0 radical (unpaired) electrons. The fraction of sp³-hybridized carbons (Fsp3) is 0.350. The van der Waals surface area contributed by atoms with Crippen LogP contribution in [0.4, 0.5) is 0 Å². The number of hydrogen-bond acceptors (Lipinski definition) is 5. The van der Waals surface area contributed by atoms with Gasteiger partial charge < -0.3 is 20.3 Å². The molecular formula is C20H24ClNO4. The number of carbonyl (C=O) groups excluding carboxylic acids is 1. The lowest BCUT2D eigenvalue weighted by atomic mass is 9.93. The van der Waals surface area contributed by atoms with Crippen molar-refractivity contribution in [1.82, 2.24) is 0 Å². The molecule has 0 aliphatic carbocycles. The molecule has 0 aliphatic rings. The van der Waals surface area contributed by atoms with Crippen molar-refractivity contribution in [2.75, 3.05) is 13.7 Å². The molecule has 3 atom stereocenters. The Morgan fingerprint density at radius 3 is 2.46 bits per heavy atom. The Balaban J connectivity index is 1.90. The smallest absolute Gasteiger partial charge is 0.309 e. The van der Waals surface area contributed by atoms with Crippen LogP contribution in [0.3, 0.4) is 0 Å². The normalized spacial score (nSPS) is 14.3. The largest absolute Gasteiger partial charge is 0.493 e. The van der Waals surface area contributed by atoms with Gasteiger partial charge in [-0.2, -0.15) is 0 Å². The number of esters is 1. The molecule has 6 heteroatoms. The molecular weight excluding hydrogens is 354 g/mol. The summed E-state index contributed by atoms with van der Waals surface area (Å²) < 4.78 is 10.4. The number of hydrogen-bond donors (Lipinski definition) is 2. The molecule has 3 unspecified atom stereocenters. The number of halogens is 1. The van der Waals surface area contributed by atoms with Gasteiger partial charge in [-0.15, -0.1) is 0 Å². The van der Waals surface area contributed by atoms with Gasteiger partial charge in [0.1, 0.15) is 5.75 Å². The zero-order valence-corrected chi connectivity index (χ0v) is 15.6. The lowest BCUT2D eigenvalue weighted by molar-refractivity contribution is -0.139. The number of nitrogens with two attached hydrogens (primary N) is 1. The molecule has 2 aromatic rings. The van der Waals surface area contributed by atoms with E-state index in [0.717, 1.165) is 5.56 Å². The number of rotatable bonds is 8. The average molecular weight is 378 g/mol.